The van der Waals surface area contributed by atoms with Gasteiger partial charge < -0.3 is 14.8 Å². The Kier molecular flexibility index (Phi) is 8.59. The molecule has 4 heteroatoms. The second kappa shape index (κ2) is 9.73. The van der Waals surface area contributed by atoms with Gasteiger partial charge in [-0.25, -0.2) is 0 Å². The summed E-state index contributed by atoms with van der Waals surface area (Å²) in [5, 5.41) is 3.49. The summed E-state index contributed by atoms with van der Waals surface area (Å²) in [7, 11) is 1.73. The third kappa shape index (κ3) is 6.69. The number of ether oxygens (including phenoxy) is 2. The average molecular weight is 258 g/mol. The predicted octanol–water partition coefficient (Wildman–Crippen LogP) is 1.36. The third-order valence-corrected chi connectivity index (χ3v) is 3.38. The fraction of sp³-hybridized carbons (Fsp3) is 1.00. The van der Waals surface area contributed by atoms with Crippen molar-refractivity contribution in [3.05, 3.63) is 0 Å². The van der Waals surface area contributed by atoms with E-state index in [1.807, 2.05) is 0 Å². The van der Waals surface area contributed by atoms with Gasteiger partial charge in [0, 0.05) is 52.5 Å². The maximum absolute atomic E-state index is 5.65. The van der Waals surface area contributed by atoms with Crippen molar-refractivity contribution in [3.8, 4) is 0 Å². The van der Waals surface area contributed by atoms with E-state index in [-0.39, 0.29) is 0 Å². The van der Waals surface area contributed by atoms with Gasteiger partial charge in [0.2, 0.25) is 0 Å². The van der Waals surface area contributed by atoms with Crippen LogP contribution in [0.4, 0.5) is 0 Å². The van der Waals surface area contributed by atoms with Crippen LogP contribution in [0.15, 0.2) is 0 Å². The van der Waals surface area contributed by atoms with Crippen LogP contribution in [0, 0.1) is 5.92 Å². The molecule has 0 aromatic rings. The first-order chi connectivity index (χ1) is 8.74. The number of hydrogen-bond donors (Lipinski definition) is 1. The fourth-order valence-electron chi connectivity index (χ4n) is 2.46. The Balaban J connectivity index is 2.13. The second-order valence-corrected chi connectivity index (χ2v) is 5.48. The molecule has 0 aliphatic carbocycles. The molecule has 0 aromatic heterocycles. The first kappa shape index (κ1) is 15.9. The number of hydrogen-bond acceptors (Lipinski definition) is 4. The van der Waals surface area contributed by atoms with Crippen molar-refractivity contribution in [2.24, 2.45) is 5.92 Å². The fourth-order valence-corrected chi connectivity index (χ4v) is 2.46. The standard InChI is InChI=1S/C14H30N2O2/c1-13(2)11-14-12-15-5-6-16(14)7-10-18-9-4-8-17-3/h13-15H,4-12H2,1-3H3. The molecule has 1 aliphatic heterocycles. The van der Waals surface area contributed by atoms with Crippen LogP contribution in [-0.2, 0) is 9.47 Å². The van der Waals surface area contributed by atoms with Gasteiger partial charge in [0.05, 0.1) is 6.61 Å². The van der Waals surface area contributed by atoms with Crippen LogP contribution in [0.3, 0.4) is 0 Å². The number of piperazine rings is 1. The highest BCUT2D eigenvalue weighted by Gasteiger charge is 2.22. The molecule has 1 saturated heterocycles. The SMILES string of the molecule is COCCCOCCN1CCNCC1CC(C)C. The molecule has 1 rings (SSSR count). The van der Waals surface area contributed by atoms with E-state index in [9.17, 15) is 0 Å². The van der Waals surface area contributed by atoms with Crippen molar-refractivity contribution < 1.29 is 9.47 Å². The maximum Gasteiger partial charge on any atom is 0.0593 e. The van der Waals surface area contributed by atoms with E-state index in [4.69, 9.17) is 9.47 Å². The zero-order valence-corrected chi connectivity index (χ0v) is 12.3. The summed E-state index contributed by atoms with van der Waals surface area (Å²) in [5.74, 6) is 0.764. The Morgan fingerprint density at radius 1 is 1.28 bits per heavy atom. The van der Waals surface area contributed by atoms with Gasteiger partial charge in [-0.1, -0.05) is 13.8 Å². The Hall–Kier alpha value is -0.160. The van der Waals surface area contributed by atoms with Crippen molar-refractivity contribution in [1.29, 1.82) is 0 Å². The maximum atomic E-state index is 5.65. The van der Waals surface area contributed by atoms with E-state index >= 15 is 0 Å². The number of rotatable bonds is 9. The van der Waals surface area contributed by atoms with Gasteiger partial charge in [0.25, 0.3) is 0 Å². The molecular weight excluding hydrogens is 228 g/mol. The molecule has 18 heavy (non-hydrogen) atoms. The lowest BCUT2D eigenvalue weighted by molar-refractivity contribution is 0.0605. The monoisotopic (exact) mass is 258 g/mol. The van der Waals surface area contributed by atoms with Gasteiger partial charge in [-0.15, -0.1) is 0 Å². The predicted molar refractivity (Wildman–Crippen MR) is 75.0 cm³/mol. The van der Waals surface area contributed by atoms with E-state index in [0.29, 0.717) is 6.04 Å². The van der Waals surface area contributed by atoms with Gasteiger partial charge in [-0.2, -0.15) is 0 Å². The summed E-state index contributed by atoms with van der Waals surface area (Å²) < 4.78 is 10.7. The van der Waals surface area contributed by atoms with E-state index < -0.39 is 0 Å². The summed E-state index contributed by atoms with van der Waals surface area (Å²) in [5.41, 5.74) is 0. The largest absolute Gasteiger partial charge is 0.385 e. The zero-order valence-electron chi connectivity index (χ0n) is 12.3. The first-order valence-corrected chi connectivity index (χ1v) is 7.25. The van der Waals surface area contributed by atoms with Crippen molar-refractivity contribution in [1.82, 2.24) is 10.2 Å². The quantitative estimate of drug-likeness (QED) is 0.633. The summed E-state index contributed by atoms with van der Waals surface area (Å²) in [6, 6.07) is 0.682. The van der Waals surface area contributed by atoms with Crippen molar-refractivity contribution >= 4 is 0 Å². The van der Waals surface area contributed by atoms with Gasteiger partial charge in [0.1, 0.15) is 0 Å². The summed E-state index contributed by atoms with van der Waals surface area (Å²) in [4.78, 5) is 2.58. The topological polar surface area (TPSA) is 33.7 Å². The first-order valence-electron chi connectivity index (χ1n) is 7.25. The zero-order chi connectivity index (χ0) is 13.2. The van der Waals surface area contributed by atoms with Crippen molar-refractivity contribution in [2.45, 2.75) is 32.7 Å². The molecule has 4 nitrogen and oxygen atoms in total. The van der Waals surface area contributed by atoms with Crippen molar-refractivity contribution in [2.75, 3.05) is 53.1 Å². The minimum atomic E-state index is 0.682. The molecule has 0 spiro atoms. The molecule has 1 N–H and O–H groups in total. The lowest BCUT2D eigenvalue weighted by atomic mass is 10.0. The average Bonchev–Trinajstić information content (AvgIpc) is 2.35. The molecule has 0 bridgehead atoms. The molecule has 1 heterocycles. The molecule has 1 atom stereocenters. The van der Waals surface area contributed by atoms with Gasteiger partial charge in [-0.05, 0) is 18.8 Å². The molecule has 1 fully saturated rings. The van der Waals surface area contributed by atoms with Gasteiger partial charge in [-0.3, -0.25) is 4.90 Å². The number of nitrogens with one attached hydrogen (secondary N) is 1. The Morgan fingerprint density at radius 2 is 2.11 bits per heavy atom. The molecule has 1 unspecified atom stereocenters. The molecule has 0 amide bonds. The van der Waals surface area contributed by atoms with Crippen LogP contribution < -0.4 is 5.32 Å². The lowest BCUT2D eigenvalue weighted by Gasteiger charge is -2.37. The molecule has 0 saturated carbocycles. The van der Waals surface area contributed by atoms with E-state index in [1.165, 1.54) is 6.42 Å². The van der Waals surface area contributed by atoms with Crippen LogP contribution in [0.2, 0.25) is 0 Å². The number of methoxy groups -OCH3 is 1. The van der Waals surface area contributed by atoms with E-state index in [2.05, 4.69) is 24.1 Å². The van der Waals surface area contributed by atoms with Crippen LogP contribution >= 0.6 is 0 Å². The van der Waals surface area contributed by atoms with Crippen molar-refractivity contribution in [3.63, 3.8) is 0 Å². The minimum Gasteiger partial charge on any atom is -0.385 e. The third-order valence-electron chi connectivity index (χ3n) is 3.38. The van der Waals surface area contributed by atoms with Crippen LogP contribution in [-0.4, -0.2) is 64.1 Å². The highest BCUT2D eigenvalue weighted by molar-refractivity contribution is 4.80. The van der Waals surface area contributed by atoms with E-state index in [0.717, 1.165) is 58.3 Å². The van der Waals surface area contributed by atoms with Gasteiger partial charge in [0.15, 0.2) is 0 Å². The van der Waals surface area contributed by atoms with Crippen LogP contribution in [0.25, 0.3) is 0 Å². The molecule has 0 aromatic carbocycles. The lowest BCUT2D eigenvalue weighted by Crippen LogP contribution is -2.52. The molecule has 108 valence electrons. The highest BCUT2D eigenvalue weighted by Crippen LogP contribution is 2.13. The molecule has 0 radical (unpaired) electrons. The Bertz CT molecular complexity index is 200. The normalized spacial score (nSPS) is 21.7. The smallest absolute Gasteiger partial charge is 0.0593 e. The molecule has 1 aliphatic rings. The summed E-state index contributed by atoms with van der Waals surface area (Å²) in [6.07, 6.45) is 2.27. The summed E-state index contributed by atoms with van der Waals surface area (Å²) >= 11 is 0. The Labute approximate surface area is 112 Å². The second-order valence-electron chi connectivity index (χ2n) is 5.48. The minimum absolute atomic E-state index is 0.682. The van der Waals surface area contributed by atoms with Crippen LogP contribution in [0.5, 0.6) is 0 Å². The van der Waals surface area contributed by atoms with Crippen LogP contribution in [0.1, 0.15) is 26.7 Å². The Morgan fingerprint density at radius 3 is 2.83 bits per heavy atom. The molecular formula is C14H30N2O2. The van der Waals surface area contributed by atoms with E-state index in [1.54, 1.807) is 7.11 Å². The number of nitrogens with zero attached hydrogens (tertiary/aromatic N) is 1. The summed E-state index contributed by atoms with van der Waals surface area (Å²) in [6.45, 7) is 11.5. The van der Waals surface area contributed by atoms with Gasteiger partial charge >= 0.3 is 0 Å². The highest BCUT2D eigenvalue weighted by atomic mass is 16.5.